The first-order valence-electron chi connectivity index (χ1n) is 9.20. The van der Waals surface area contributed by atoms with Crippen LogP contribution in [0.3, 0.4) is 0 Å². The van der Waals surface area contributed by atoms with Crippen LogP contribution in [-0.4, -0.2) is 5.91 Å². The van der Waals surface area contributed by atoms with Crippen LogP contribution in [0.2, 0.25) is 0 Å². The van der Waals surface area contributed by atoms with Crippen LogP contribution in [0.1, 0.15) is 28.7 Å². The monoisotopic (exact) mass is 419 g/mol. The van der Waals surface area contributed by atoms with Crippen LogP contribution in [0.15, 0.2) is 77.3 Å². The number of carbonyl (C=O) groups is 1. The zero-order valence-electron chi connectivity index (χ0n) is 15.5. The van der Waals surface area contributed by atoms with Crippen molar-refractivity contribution in [1.29, 1.82) is 0 Å². The highest BCUT2D eigenvalue weighted by atomic mass is 79.9. The summed E-state index contributed by atoms with van der Waals surface area (Å²) in [5.41, 5.74) is 5.49. The van der Waals surface area contributed by atoms with E-state index in [1.54, 1.807) is 0 Å². The lowest BCUT2D eigenvalue weighted by molar-refractivity contribution is -0.117. The van der Waals surface area contributed by atoms with Gasteiger partial charge in [-0.3, -0.25) is 4.79 Å². The molecule has 27 heavy (non-hydrogen) atoms. The van der Waals surface area contributed by atoms with E-state index in [1.807, 2.05) is 24.3 Å². The maximum Gasteiger partial charge on any atom is 0.228 e. The summed E-state index contributed by atoms with van der Waals surface area (Å²) in [7, 11) is 0. The molecule has 3 aromatic rings. The predicted molar refractivity (Wildman–Crippen MR) is 114 cm³/mol. The number of amides is 1. The maximum absolute atomic E-state index is 13.0. The summed E-state index contributed by atoms with van der Waals surface area (Å²) in [4.78, 5) is 13.0. The third kappa shape index (κ3) is 3.44. The molecule has 2 nitrogen and oxygen atoms in total. The molecule has 1 saturated carbocycles. The van der Waals surface area contributed by atoms with Crippen LogP contribution in [0, 0.1) is 19.8 Å². The highest BCUT2D eigenvalue weighted by Crippen LogP contribution is 2.59. The van der Waals surface area contributed by atoms with Gasteiger partial charge in [-0.05, 0) is 55.7 Å². The third-order valence-corrected chi connectivity index (χ3v) is 6.05. The van der Waals surface area contributed by atoms with Gasteiger partial charge >= 0.3 is 0 Å². The minimum absolute atomic E-state index is 0.0634. The number of nitrogens with one attached hydrogen (secondary N) is 1. The molecule has 0 spiro atoms. The predicted octanol–water partition coefficient (Wildman–Crippen LogP) is 6.01. The van der Waals surface area contributed by atoms with E-state index in [0.29, 0.717) is 0 Å². The van der Waals surface area contributed by atoms with E-state index in [0.717, 1.165) is 16.6 Å². The quantitative estimate of drug-likeness (QED) is 0.550. The van der Waals surface area contributed by atoms with Crippen LogP contribution in [0.5, 0.6) is 0 Å². The van der Waals surface area contributed by atoms with Crippen molar-refractivity contribution in [2.24, 2.45) is 5.92 Å². The molecule has 3 aromatic carbocycles. The molecule has 1 fully saturated rings. The summed E-state index contributed by atoms with van der Waals surface area (Å²) in [5, 5.41) is 3.09. The van der Waals surface area contributed by atoms with Crippen LogP contribution in [0.25, 0.3) is 0 Å². The van der Waals surface area contributed by atoms with Crippen molar-refractivity contribution in [3.05, 3.63) is 99.5 Å². The Hall–Kier alpha value is -2.39. The largest absolute Gasteiger partial charge is 0.326 e. The zero-order valence-corrected chi connectivity index (χ0v) is 17.1. The first kappa shape index (κ1) is 18.0. The topological polar surface area (TPSA) is 29.1 Å². The molecule has 0 aromatic heterocycles. The van der Waals surface area contributed by atoms with Crippen LogP contribution in [0.4, 0.5) is 5.69 Å². The standard InChI is InChI=1S/C24H22BrNO/c1-16-3-7-18(8-4-16)24(19-9-5-17(2)6-10-19)15-22(24)23(27)26-21-13-11-20(25)12-14-21/h3-14,22H,15H2,1-2H3,(H,26,27)/t22-/m0/s1. The molecule has 0 radical (unpaired) electrons. The molecule has 0 unspecified atom stereocenters. The van der Waals surface area contributed by atoms with E-state index >= 15 is 0 Å². The summed E-state index contributed by atoms with van der Waals surface area (Å²) < 4.78 is 1.00. The Balaban J connectivity index is 1.66. The highest BCUT2D eigenvalue weighted by Gasteiger charge is 2.60. The first-order chi connectivity index (χ1) is 13.0. The lowest BCUT2D eigenvalue weighted by Gasteiger charge is -2.19. The summed E-state index contributed by atoms with van der Waals surface area (Å²) in [5.74, 6) is 0.0185. The molecule has 0 saturated heterocycles. The molecule has 136 valence electrons. The molecular formula is C24H22BrNO. The third-order valence-electron chi connectivity index (χ3n) is 5.52. The van der Waals surface area contributed by atoms with Gasteiger partial charge in [0.05, 0.1) is 5.92 Å². The number of halogens is 1. The summed E-state index contributed by atoms with van der Waals surface area (Å²) in [6, 6.07) is 24.9. The van der Waals surface area contributed by atoms with Crippen molar-refractivity contribution >= 4 is 27.5 Å². The fourth-order valence-electron chi connectivity index (χ4n) is 3.85. The summed E-state index contributed by atoms with van der Waals surface area (Å²) in [6.45, 7) is 4.18. The Morgan fingerprint density at radius 3 is 1.81 bits per heavy atom. The van der Waals surface area contributed by atoms with Crippen molar-refractivity contribution in [3.8, 4) is 0 Å². The van der Waals surface area contributed by atoms with Crippen molar-refractivity contribution in [2.75, 3.05) is 5.32 Å². The van der Waals surface area contributed by atoms with Gasteiger partial charge in [0, 0.05) is 15.6 Å². The molecule has 1 N–H and O–H groups in total. The van der Waals surface area contributed by atoms with E-state index in [1.165, 1.54) is 22.3 Å². The van der Waals surface area contributed by atoms with Gasteiger partial charge in [-0.15, -0.1) is 0 Å². The normalized spacial score (nSPS) is 17.4. The van der Waals surface area contributed by atoms with Crippen LogP contribution < -0.4 is 5.32 Å². The second-order valence-corrected chi connectivity index (χ2v) is 8.37. The zero-order chi connectivity index (χ0) is 19.0. The van der Waals surface area contributed by atoms with Gasteiger partial charge < -0.3 is 5.32 Å². The SMILES string of the molecule is Cc1ccc(C2(c3ccc(C)cc3)C[C@H]2C(=O)Nc2ccc(Br)cc2)cc1. The number of aryl methyl sites for hydroxylation is 2. The number of hydrogen-bond donors (Lipinski definition) is 1. The smallest absolute Gasteiger partial charge is 0.228 e. The molecule has 0 heterocycles. The lowest BCUT2D eigenvalue weighted by Crippen LogP contribution is -2.22. The Morgan fingerprint density at radius 1 is 0.852 bits per heavy atom. The maximum atomic E-state index is 13.0. The first-order valence-corrected chi connectivity index (χ1v) is 9.99. The Morgan fingerprint density at radius 2 is 1.33 bits per heavy atom. The molecule has 3 heteroatoms. The van der Waals surface area contributed by atoms with E-state index in [9.17, 15) is 4.79 Å². The van der Waals surface area contributed by atoms with Crippen molar-refractivity contribution in [3.63, 3.8) is 0 Å². The van der Waals surface area contributed by atoms with Gasteiger partial charge in [-0.2, -0.15) is 0 Å². The molecule has 1 atom stereocenters. The molecule has 0 aliphatic heterocycles. The van der Waals surface area contributed by atoms with Gasteiger partial charge in [0.15, 0.2) is 0 Å². The molecule has 1 amide bonds. The second kappa shape index (κ2) is 6.97. The van der Waals surface area contributed by atoms with E-state index in [2.05, 4.69) is 83.6 Å². The fourth-order valence-corrected chi connectivity index (χ4v) is 4.11. The minimum Gasteiger partial charge on any atom is -0.326 e. The molecule has 4 rings (SSSR count). The van der Waals surface area contributed by atoms with Crippen molar-refractivity contribution in [2.45, 2.75) is 25.7 Å². The average molecular weight is 420 g/mol. The molecule has 1 aliphatic carbocycles. The van der Waals surface area contributed by atoms with Gasteiger partial charge in [-0.25, -0.2) is 0 Å². The second-order valence-electron chi connectivity index (χ2n) is 7.46. The fraction of sp³-hybridized carbons (Fsp3) is 0.208. The Labute approximate surface area is 168 Å². The van der Waals surface area contributed by atoms with E-state index in [-0.39, 0.29) is 17.2 Å². The number of rotatable bonds is 4. The van der Waals surface area contributed by atoms with Gasteiger partial charge in [0.1, 0.15) is 0 Å². The van der Waals surface area contributed by atoms with Crippen LogP contribution in [-0.2, 0) is 10.2 Å². The minimum atomic E-state index is -0.235. The van der Waals surface area contributed by atoms with E-state index < -0.39 is 0 Å². The van der Waals surface area contributed by atoms with Gasteiger partial charge in [0.2, 0.25) is 5.91 Å². The highest BCUT2D eigenvalue weighted by molar-refractivity contribution is 9.10. The molecule has 1 aliphatic rings. The van der Waals surface area contributed by atoms with Gasteiger partial charge in [-0.1, -0.05) is 75.6 Å². The summed E-state index contributed by atoms with van der Waals surface area (Å²) >= 11 is 3.43. The molecule has 0 bridgehead atoms. The summed E-state index contributed by atoms with van der Waals surface area (Å²) in [6.07, 6.45) is 0.835. The number of carbonyl (C=O) groups excluding carboxylic acids is 1. The average Bonchev–Trinajstić information content (AvgIpc) is 3.42. The van der Waals surface area contributed by atoms with Crippen molar-refractivity contribution < 1.29 is 4.79 Å². The number of benzene rings is 3. The van der Waals surface area contributed by atoms with E-state index in [4.69, 9.17) is 0 Å². The Bertz CT molecular complexity index is 913. The number of hydrogen-bond acceptors (Lipinski definition) is 1. The van der Waals surface area contributed by atoms with Gasteiger partial charge in [0.25, 0.3) is 0 Å². The number of anilines is 1. The lowest BCUT2D eigenvalue weighted by atomic mass is 9.85. The van der Waals surface area contributed by atoms with Crippen LogP contribution >= 0.6 is 15.9 Å². The van der Waals surface area contributed by atoms with Crippen molar-refractivity contribution in [1.82, 2.24) is 0 Å². The Kier molecular flexibility index (Phi) is 4.65. The molecular weight excluding hydrogens is 398 g/mol.